The van der Waals surface area contributed by atoms with Crippen LogP contribution in [0.1, 0.15) is 35.6 Å². The van der Waals surface area contributed by atoms with Crippen LogP contribution in [0.2, 0.25) is 0 Å². The lowest BCUT2D eigenvalue weighted by Gasteiger charge is -2.30. The molecule has 0 saturated carbocycles. The number of hydrogen-bond acceptors (Lipinski definition) is 5. The van der Waals surface area contributed by atoms with Crippen LogP contribution in [0.15, 0.2) is 45.6 Å². The van der Waals surface area contributed by atoms with Crippen LogP contribution in [-0.2, 0) is 19.5 Å². The van der Waals surface area contributed by atoms with Crippen molar-refractivity contribution in [2.75, 3.05) is 13.8 Å². The number of para-hydroxylation sites is 1. The number of fused-ring (bicyclic) bond motifs is 2. The largest absolute Gasteiger partial charge is 0.496 e. The van der Waals surface area contributed by atoms with Crippen molar-refractivity contribution in [3.8, 4) is 11.5 Å². The molecule has 0 bridgehead atoms. The fourth-order valence-corrected chi connectivity index (χ4v) is 3.98. The van der Waals surface area contributed by atoms with Crippen LogP contribution in [0.4, 0.5) is 0 Å². The molecule has 0 atom stereocenters. The van der Waals surface area contributed by atoms with Gasteiger partial charge in [0.1, 0.15) is 23.8 Å². The molecule has 0 aliphatic carbocycles. The van der Waals surface area contributed by atoms with Gasteiger partial charge in [-0.3, -0.25) is 4.90 Å². The summed E-state index contributed by atoms with van der Waals surface area (Å²) in [6.07, 6.45) is 1.83. The van der Waals surface area contributed by atoms with E-state index in [1.165, 1.54) is 0 Å². The molecule has 5 nitrogen and oxygen atoms in total. The molecule has 0 fully saturated rings. The highest BCUT2D eigenvalue weighted by molar-refractivity contribution is 5.86. The number of rotatable bonds is 5. The number of benzene rings is 2. The zero-order valence-electron chi connectivity index (χ0n) is 16.6. The van der Waals surface area contributed by atoms with Crippen LogP contribution in [0.25, 0.3) is 11.0 Å². The highest BCUT2D eigenvalue weighted by atomic mass is 16.5. The molecule has 0 amide bonds. The molecular weight excluding hydrogens is 354 g/mol. The standard InChI is InChI=1S/C23H25NO4/c1-4-7-16-11-21(25)28-23-15(2)22-18(10-19(16)23)13-24(14-27-22)12-17-8-5-6-9-20(17)26-3/h5-6,8-11H,4,7,12-14H2,1-3H3. The Morgan fingerprint density at radius 1 is 1.18 bits per heavy atom. The Morgan fingerprint density at radius 3 is 2.79 bits per heavy atom. The third-order valence-electron chi connectivity index (χ3n) is 5.27. The summed E-state index contributed by atoms with van der Waals surface area (Å²) >= 11 is 0. The molecule has 28 heavy (non-hydrogen) atoms. The van der Waals surface area contributed by atoms with Crippen molar-refractivity contribution in [3.63, 3.8) is 0 Å². The molecule has 146 valence electrons. The van der Waals surface area contributed by atoms with Crippen LogP contribution >= 0.6 is 0 Å². The van der Waals surface area contributed by atoms with Gasteiger partial charge in [-0.05, 0) is 31.0 Å². The van der Waals surface area contributed by atoms with Gasteiger partial charge in [-0.2, -0.15) is 0 Å². The zero-order valence-corrected chi connectivity index (χ0v) is 16.6. The summed E-state index contributed by atoms with van der Waals surface area (Å²) in [5.74, 6) is 1.72. The molecule has 1 aliphatic rings. The van der Waals surface area contributed by atoms with Gasteiger partial charge < -0.3 is 13.9 Å². The Morgan fingerprint density at radius 2 is 2.00 bits per heavy atom. The first kappa shape index (κ1) is 18.6. The summed E-state index contributed by atoms with van der Waals surface area (Å²) in [5, 5.41) is 1.01. The third-order valence-corrected chi connectivity index (χ3v) is 5.27. The van der Waals surface area contributed by atoms with Crippen LogP contribution in [-0.4, -0.2) is 18.7 Å². The maximum absolute atomic E-state index is 12.0. The lowest BCUT2D eigenvalue weighted by atomic mass is 9.98. The summed E-state index contributed by atoms with van der Waals surface area (Å²) in [6, 6.07) is 11.8. The van der Waals surface area contributed by atoms with Gasteiger partial charge in [-0.25, -0.2) is 4.79 Å². The smallest absolute Gasteiger partial charge is 0.336 e. The SMILES string of the molecule is CCCc1cc(=O)oc2c(C)c3c(cc12)CN(Cc1ccccc1OC)CO3. The van der Waals surface area contributed by atoms with Crippen molar-refractivity contribution < 1.29 is 13.9 Å². The van der Waals surface area contributed by atoms with E-state index in [-0.39, 0.29) is 5.63 Å². The Hall–Kier alpha value is -2.79. The van der Waals surface area contributed by atoms with E-state index in [1.807, 2.05) is 25.1 Å². The quantitative estimate of drug-likeness (QED) is 0.615. The van der Waals surface area contributed by atoms with Gasteiger partial charge in [0.2, 0.25) is 0 Å². The average molecular weight is 379 g/mol. The number of hydrogen-bond donors (Lipinski definition) is 0. The lowest BCUT2D eigenvalue weighted by Crippen LogP contribution is -2.32. The zero-order chi connectivity index (χ0) is 19.7. The van der Waals surface area contributed by atoms with Crippen LogP contribution in [0, 0.1) is 6.92 Å². The summed E-state index contributed by atoms with van der Waals surface area (Å²) in [6.45, 7) is 6.08. The summed E-state index contributed by atoms with van der Waals surface area (Å²) < 4.78 is 17.1. The van der Waals surface area contributed by atoms with Crippen LogP contribution in [0.5, 0.6) is 11.5 Å². The van der Waals surface area contributed by atoms with E-state index in [2.05, 4.69) is 24.0 Å². The minimum absolute atomic E-state index is 0.299. The molecule has 0 unspecified atom stereocenters. The van der Waals surface area contributed by atoms with Gasteiger partial charge in [0, 0.05) is 41.2 Å². The molecule has 0 saturated heterocycles. The number of methoxy groups -OCH3 is 1. The molecule has 0 spiro atoms. The topological polar surface area (TPSA) is 51.9 Å². The molecule has 3 aromatic rings. The average Bonchev–Trinajstić information content (AvgIpc) is 2.69. The second kappa shape index (κ2) is 7.68. The van der Waals surface area contributed by atoms with E-state index in [0.29, 0.717) is 12.3 Å². The first-order valence-corrected chi connectivity index (χ1v) is 9.67. The minimum atomic E-state index is -0.299. The van der Waals surface area contributed by atoms with Gasteiger partial charge >= 0.3 is 5.63 Å². The molecular formula is C23H25NO4. The molecule has 4 rings (SSSR count). The van der Waals surface area contributed by atoms with Gasteiger partial charge in [0.05, 0.1) is 7.11 Å². The maximum Gasteiger partial charge on any atom is 0.336 e. The molecule has 2 aromatic carbocycles. The number of ether oxygens (including phenoxy) is 2. The second-order valence-corrected chi connectivity index (χ2v) is 7.28. The third kappa shape index (κ3) is 3.38. The summed E-state index contributed by atoms with van der Waals surface area (Å²) in [7, 11) is 1.69. The van der Waals surface area contributed by atoms with E-state index in [4.69, 9.17) is 13.9 Å². The van der Waals surface area contributed by atoms with E-state index >= 15 is 0 Å². The summed E-state index contributed by atoms with van der Waals surface area (Å²) in [4.78, 5) is 14.2. The van der Waals surface area contributed by atoms with Crippen molar-refractivity contribution in [2.45, 2.75) is 39.8 Å². The second-order valence-electron chi connectivity index (χ2n) is 7.28. The van der Waals surface area contributed by atoms with Crippen molar-refractivity contribution in [3.05, 3.63) is 69.1 Å². The highest BCUT2D eigenvalue weighted by Gasteiger charge is 2.23. The molecule has 0 radical (unpaired) electrons. The van der Waals surface area contributed by atoms with Crippen molar-refractivity contribution in [1.29, 1.82) is 0 Å². The van der Waals surface area contributed by atoms with Crippen LogP contribution < -0.4 is 15.1 Å². The number of nitrogens with zero attached hydrogens (tertiary/aromatic N) is 1. The Balaban J connectivity index is 1.71. The van der Waals surface area contributed by atoms with Crippen LogP contribution in [0.3, 0.4) is 0 Å². The number of aryl methyl sites for hydroxylation is 2. The van der Waals surface area contributed by atoms with E-state index in [9.17, 15) is 4.79 Å². The maximum atomic E-state index is 12.0. The van der Waals surface area contributed by atoms with E-state index in [1.54, 1.807) is 13.2 Å². The van der Waals surface area contributed by atoms with Crippen molar-refractivity contribution in [2.24, 2.45) is 0 Å². The highest BCUT2D eigenvalue weighted by Crippen LogP contribution is 2.36. The monoisotopic (exact) mass is 379 g/mol. The fraction of sp³-hybridized carbons (Fsp3) is 0.348. The first-order chi connectivity index (χ1) is 13.6. The predicted molar refractivity (Wildman–Crippen MR) is 109 cm³/mol. The van der Waals surface area contributed by atoms with Gasteiger partial charge in [0.25, 0.3) is 0 Å². The summed E-state index contributed by atoms with van der Waals surface area (Å²) in [5.41, 5.74) is 4.55. The van der Waals surface area contributed by atoms with Crippen molar-refractivity contribution >= 4 is 11.0 Å². The molecule has 0 N–H and O–H groups in total. The normalized spacial score (nSPS) is 14.0. The Bertz CT molecular complexity index is 1070. The van der Waals surface area contributed by atoms with E-state index in [0.717, 1.165) is 65.1 Å². The van der Waals surface area contributed by atoms with E-state index < -0.39 is 0 Å². The van der Waals surface area contributed by atoms with Gasteiger partial charge in [-0.15, -0.1) is 0 Å². The predicted octanol–water partition coefficient (Wildman–Crippen LogP) is 4.41. The molecule has 1 aliphatic heterocycles. The Labute approximate surface area is 164 Å². The lowest BCUT2D eigenvalue weighted by molar-refractivity contribution is 0.0874. The fourth-order valence-electron chi connectivity index (χ4n) is 3.98. The molecule has 1 aromatic heterocycles. The van der Waals surface area contributed by atoms with Crippen molar-refractivity contribution in [1.82, 2.24) is 4.90 Å². The first-order valence-electron chi connectivity index (χ1n) is 9.67. The van der Waals surface area contributed by atoms with Gasteiger partial charge in [-0.1, -0.05) is 31.5 Å². The Kier molecular flexibility index (Phi) is 5.09. The van der Waals surface area contributed by atoms with Gasteiger partial charge in [0.15, 0.2) is 0 Å². The minimum Gasteiger partial charge on any atom is -0.496 e. The molecule has 5 heteroatoms. The molecule has 2 heterocycles.